The molecule has 8 heteroatoms. The fourth-order valence-electron chi connectivity index (χ4n) is 1.95. The zero-order valence-electron chi connectivity index (χ0n) is 14.8. The second-order valence-electron chi connectivity index (χ2n) is 7.34. The van der Waals surface area contributed by atoms with Crippen molar-refractivity contribution >= 4 is 31.5 Å². The summed E-state index contributed by atoms with van der Waals surface area (Å²) in [6, 6.07) is 5.34. The Balaban J connectivity index is 3.11. The molecular weight excluding hydrogens is 365 g/mol. The zero-order valence-corrected chi connectivity index (χ0v) is 17.3. The van der Waals surface area contributed by atoms with Crippen LogP contribution in [0.25, 0.3) is 10.4 Å². The average molecular weight is 390 g/mol. The summed E-state index contributed by atoms with van der Waals surface area (Å²) in [5, 5.41) is 14.5. The number of benzene rings is 1. The van der Waals surface area contributed by atoms with Gasteiger partial charge in [0.15, 0.2) is 8.32 Å². The Morgan fingerprint density at radius 2 is 1.92 bits per heavy atom. The number of rotatable bonds is 7. The van der Waals surface area contributed by atoms with Crippen molar-refractivity contribution in [3.8, 4) is 0 Å². The lowest BCUT2D eigenvalue weighted by Crippen LogP contribution is -2.42. The molecule has 1 unspecified atom stereocenters. The summed E-state index contributed by atoms with van der Waals surface area (Å²) in [4.78, 5) is 2.69. The smallest absolute Gasteiger partial charge is 0.192 e. The maximum atomic E-state index is 10.1. The summed E-state index contributed by atoms with van der Waals surface area (Å²) in [7, 11) is -2.07. The zero-order chi connectivity index (χ0) is 18.5. The van der Waals surface area contributed by atoms with Crippen LogP contribution < -0.4 is 0 Å². The molecule has 1 aromatic rings. The molecule has 5 nitrogen and oxygen atoms in total. The first-order valence-electron chi connectivity index (χ1n) is 7.79. The first kappa shape index (κ1) is 21.3. The molecule has 24 heavy (non-hydrogen) atoms. The van der Waals surface area contributed by atoms with E-state index in [9.17, 15) is 5.11 Å². The van der Waals surface area contributed by atoms with Crippen molar-refractivity contribution in [2.75, 3.05) is 6.54 Å². The SMILES string of the molecule is CC(C)(C)[Si](C)(C)OC(C[C@@H](O)CN=[N+]=[N-])c1ccc(Cl)c(Cl)c1. The molecule has 134 valence electrons. The minimum atomic E-state index is -2.07. The highest BCUT2D eigenvalue weighted by Gasteiger charge is 2.39. The Labute approximate surface area is 154 Å². The van der Waals surface area contributed by atoms with Crippen LogP contribution in [0, 0.1) is 0 Å². The predicted octanol–water partition coefficient (Wildman–Crippen LogP) is 6.12. The number of aliphatic hydroxyl groups excluding tert-OH is 1. The molecule has 0 amide bonds. The van der Waals surface area contributed by atoms with Crippen LogP contribution in [0.5, 0.6) is 0 Å². The molecule has 1 N–H and O–H groups in total. The topological polar surface area (TPSA) is 78.2 Å². The lowest BCUT2D eigenvalue weighted by molar-refractivity contribution is 0.0909. The molecule has 0 radical (unpaired) electrons. The lowest BCUT2D eigenvalue weighted by atomic mass is 10.0. The Bertz CT molecular complexity index is 614. The molecule has 2 atom stereocenters. The maximum Gasteiger partial charge on any atom is 0.192 e. The Kier molecular flexibility index (Phi) is 7.60. The van der Waals surface area contributed by atoms with E-state index in [-0.39, 0.29) is 17.7 Å². The molecular formula is C16H25Cl2N3O2Si. The summed E-state index contributed by atoms with van der Waals surface area (Å²) in [6.45, 7) is 10.8. The monoisotopic (exact) mass is 389 g/mol. The van der Waals surface area contributed by atoms with Crippen LogP contribution in [-0.2, 0) is 4.43 Å². The molecule has 0 heterocycles. The van der Waals surface area contributed by atoms with Crippen LogP contribution in [0.15, 0.2) is 23.3 Å². The highest BCUT2D eigenvalue weighted by atomic mass is 35.5. The molecule has 0 saturated heterocycles. The Morgan fingerprint density at radius 1 is 1.29 bits per heavy atom. The molecule has 0 fully saturated rings. The quantitative estimate of drug-likeness (QED) is 0.264. The standard InChI is InChI=1S/C16H25Cl2N3O2Si/c1-16(2,3)24(4,5)23-15(9-12(22)10-20-21-19)11-6-7-13(17)14(18)8-11/h6-8,12,15,22H,9-10H2,1-5H3/t12-,15?/m1/s1. The van der Waals surface area contributed by atoms with Gasteiger partial charge in [-0.05, 0) is 41.4 Å². The average Bonchev–Trinajstić information content (AvgIpc) is 2.46. The third kappa shape index (κ3) is 5.95. The first-order chi connectivity index (χ1) is 11.0. The Morgan fingerprint density at radius 3 is 2.42 bits per heavy atom. The minimum Gasteiger partial charge on any atom is -0.410 e. The first-order valence-corrected chi connectivity index (χ1v) is 11.5. The fourth-order valence-corrected chi connectivity index (χ4v) is 3.55. The third-order valence-electron chi connectivity index (χ3n) is 4.40. The molecule has 0 saturated carbocycles. The van der Waals surface area contributed by atoms with Gasteiger partial charge in [0.1, 0.15) is 0 Å². The molecule has 0 aliphatic heterocycles. The van der Waals surface area contributed by atoms with Gasteiger partial charge in [-0.3, -0.25) is 0 Å². The molecule has 0 aromatic heterocycles. The van der Waals surface area contributed by atoms with Gasteiger partial charge in [0.2, 0.25) is 0 Å². The van der Waals surface area contributed by atoms with Gasteiger partial charge in [0.05, 0.1) is 28.8 Å². The van der Waals surface area contributed by atoms with Crippen LogP contribution in [0.1, 0.15) is 38.9 Å². The van der Waals surface area contributed by atoms with E-state index >= 15 is 0 Å². The number of hydrogen-bond acceptors (Lipinski definition) is 3. The van der Waals surface area contributed by atoms with E-state index in [1.165, 1.54) is 0 Å². The van der Waals surface area contributed by atoms with Gasteiger partial charge in [-0.15, -0.1) is 0 Å². The van der Waals surface area contributed by atoms with Crippen LogP contribution in [-0.4, -0.2) is 26.1 Å². The van der Waals surface area contributed by atoms with Gasteiger partial charge in [-0.1, -0.05) is 55.2 Å². The van der Waals surface area contributed by atoms with E-state index in [1.54, 1.807) is 12.1 Å². The van der Waals surface area contributed by atoms with Gasteiger partial charge in [-0.2, -0.15) is 0 Å². The van der Waals surface area contributed by atoms with Crippen LogP contribution in [0.4, 0.5) is 0 Å². The van der Waals surface area contributed by atoms with Crippen molar-refractivity contribution in [1.82, 2.24) is 0 Å². The van der Waals surface area contributed by atoms with E-state index in [0.717, 1.165) is 5.56 Å². The van der Waals surface area contributed by atoms with Crippen molar-refractivity contribution in [3.05, 3.63) is 44.3 Å². The van der Waals surface area contributed by atoms with Crippen LogP contribution in [0.2, 0.25) is 28.2 Å². The van der Waals surface area contributed by atoms with Gasteiger partial charge in [0, 0.05) is 11.3 Å². The van der Waals surface area contributed by atoms with Crippen molar-refractivity contribution < 1.29 is 9.53 Å². The summed E-state index contributed by atoms with van der Waals surface area (Å²) in [6.07, 6.45) is -0.807. The summed E-state index contributed by atoms with van der Waals surface area (Å²) in [5.74, 6) is 0. The van der Waals surface area contributed by atoms with E-state index in [2.05, 4.69) is 43.9 Å². The number of nitrogens with zero attached hydrogens (tertiary/aromatic N) is 3. The molecule has 0 bridgehead atoms. The van der Waals surface area contributed by atoms with Gasteiger partial charge in [0.25, 0.3) is 0 Å². The number of halogens is 2. The van der Waals surface area contributed by atoms with Crippen molar-refractivity contribution in [2.24, 2.45) is 5.11 Å². The molecule has 0 aliphatic rings. The van der Waals surface area contributed by atoms with E-state index in [1.807, 2.05) is 6.07 Å². The third-order valence-corrected chi connectivity index (χ3v) is 9.63. The van der Waals surface area contributed by atoms with Crippen molar-refractivity contribution in [2.45, 2.75) is 57.5 Å². The summed E-state index contributed by atoms with van der Waals surface area (Å²) < 4.78 is 6.48. The normalized spacial score (nSPS) is 14.8. The number of azide groups is 1. The minimum absolute atomic E-state index is 0.00911. The predicted molar refractivity (Wildman–Crippen MR) is 102 cm³/mol. The van der Waals surface area contributed by atoms with E-state index in [4.69, 9.17) is 33.2 Å². The number of hydrogen-bond donors (Lipinski definition) is 1. The number of aliphatic hydroxyl groups is 1. The van der Waals surface area contributed by atoms with Crippen LogP contribution >= 0.6 is 23.2 Å². The van der Waals surface area contributed by atoms with Crippen LogP contribution in [0.3, 0.4) is 0 Å². The maximum absolute atomic E-state index is 10.1. The van der Waals surface area contributed by atoms with Crippen molar-refractivity contribution in [1.29, 1.82) is 0 Å². The second kappa shape index (κ2) is 8.56. The molecule has 1 rings (SSSR count). The highest BCUT2D eigenvalue weighted by molar-refractivity contribution is 6.74. The second-order valence-corrected chi connectivity index (χ2v) is 12.9. The fraction of sp³-hybridized carbons (Fsp3) is 0.625. The van der Waals surface area contributed by atoms with E-state index < -0.39 is 14.4 Å². The highest BCUT2D eigenvalue weighted by Crippen LogP contribution is 2.41. The van der Waals surface area contributed by atoms with Gasteiger partial charge >= 0.3 is 0 Å². The molecule has 0 aliphatic carbocycles. The van der Waals surface area contributed by atoms with Crippen molar-refractivity contribution in [3.63, 3.8) is 0 Å². The molecule has 0 spiro atoms. The van der Waals surface area contributed by atoms with Gasteiger partial charge < -0.3 is 9.53 Å². The lowest BCUT2D eigenvalue weighted by Gasteiger charge is -2.40. The van der Waals surface area contributed by atoms with E-state index in [0.29, 0.717) is 16.5 Å². The van der Waals surface area contributed by atoms with Gasteiger partial charge in [-0.25, -0.2) is 0 Å². The summed E-state index contributed by atoms with van der Waals surface area (Å²) >= 11 is 12.1. The Hall–Kier alpha value is -0.753. The molecule has 1 aromatic carbocycles. The summed E-state index contributed by atoms with van der Waals surface area (Å²) in [5.41, 5.74) is 9.27. The largest absolute Gasteiger partial charge is 0.410 e.